The van der Waals surface area contributed by atoms with Gasteiger partial charge in [0.05, 0.1) is 26.9 Å². The molecular formula is C29H32N4O5. The average molecular weight is 517 g/mol. The highest BCUT2D eigenvalue weighted by Gasteiger charge is 2.27. The fourth-order valence-electron chi connectivity index (χ4n) is 4.64. The summed E-state index contributed by atoms with van der Waals surface area (Å²) in [6, 6.07) is 16.9. The minimum Gasteiger partial charge on any atom is -0.497 e. The molecule has 0 unspecified atom stereocenters. The number of nitrogens with zero attached hydrogens (tertiary/aromatic N) is 3. The molecule has 2 aliphatic rings. The summed E-state index contributed by atoms with van der Waals surface area (Å²) in [4.78, 5) is 22.3. The van der Waals surface area contributed by atoms with Crippen LogP contribution in [0.4, 0.5) is 16.2 Å². The van der Waals surface area contributed by atoms with Gasteiger partial charge in [-0.05, 0) is 43.2 Å². The number of carbonyl (C=O) groups excluding carboxylic acids is 1. The minimum atomic E-state index is -0.167. The van der Waals surface area contributed by atoms with Crippen molar-refractivity contribution in [1.82, 2.24) is 9.80 Å². The summed E-state index contributed by atoms with van der Waals surface area (Å²) < 4.78 is 22.4. The third-order valence-electron chi connectivity index (χ3n) is 6.68. The van der Waals surface area contributed by atoms with Crippen molar-refractivity contribution in [1.29, 1.82) is 0 Å². The summed E-state index contributed by atoms with van der Waals surface area (Å²) in [7, 11) is 4.80. The van der Waals surface area contributed by atoms with Crippen molar-refractivity contribution in [2.75, 3.05) is 52.8 Å². The summed E-state index contributed by atoms with van der Waals surface area (Å²) in [5.41, 5.74) is 3.37. The number of aryl methyl sites for hydroxylation is 1. The lowest BCUT2D eigenvalue weighted by Crippen LogP contribution is -2.39. The Labute approximate surface area is 222 Å². The Balaban J connectivity index is 1.38. The number of amides is 2. The van der Waals surface area contributed by atoms with E-state index in [9.17, 15) is 4.79 Å². The molecule has 1 fully saturated rings. The van der Waals surface area contributed by atoms with Crippen LogP contribution in [0, 0.1) is 6.92 Å². The highest BCUT2D eigenvalue weighted by atomic mass is 16.5. The Hall–Kier alpha value is -4.40. The molecule has 0 spiro atoms. The van der Waals surface area contributed by atoms with Gasteiger partial charge in [-0.3, -0.25) is 0 Å². The number of benzene rings is 3. The summed E-state index contributed by atoms with van der Waals surface area (Å²) in [5.74, 6) is 4.16. The molecule has 0 bridgehead atoms. The number of methoxy groups -OCH3 is 3. The number of aliphatic imine (C=N–C) groups is 1. The van der Waals surface area contributed by atoms with Crippen molar-refractivity contribution in [2.24, 2.45) is 4.99 Å². The standard InChI is InChI=1S/C29H32N4O5/c1-19-6-9-25-27(14-19)38-26-18-21(35-2)7-8-24(26)28(31-25)32-10-5-11-33(13-12-32)29(34)30-20-15-22(36-3)17-23(16-20)37-4/h6-9,14-18H,5,10-13H2,1-4H3,(H,30,34). The molecular weight excluding hydrogens is 484 g/mol. The second kappa shape index (κ2) is 10.9. The quantitative estimate of drug-likeness (QED) is 0.497. The van der Waals surface area contributed by atoms with Gasteiger partial charge in [-0.25, -0.2) is 9.79 Å². The first-order chi connectivity index (χ1) is 18.5. The topological polar surface area (TPSA) is 84.9 Å². The smallest absolute Gasteiger partial charge is 0.321 e. The fraction of sp³-hybridized carbons (Fsp3) is 0.310. The van der Waals surface area contributed by atoms with Crippen LogP contribution in [-0.2, 0) is 0 Å². The maximum atomic E-state index is 13.2. The number of rotatable bonds is 4. The predicted octanol–water partition coefficient (Wildman–Crippen LogP) is 5.44. The van der Waals surface area contributed by atoms with Gasteiger partial charge in [0.25, 0.3) is 0 Å². The van der Waals surface area contributed by atoms with Crippen molar-refractivity contribution in [2.45, 2.75) is 13.3 Å². The highest BCUT2D eigenvalue weighted by Crippen LogP contribution is 2.40. The molecule has 5 rings (SSSR count). The third-order valence-corrected chi connectivity index (χ3v) is 6.68. The van der Waals surface area contributed by atoms with E-state index in [2.05, 4.69) is 10.2 Å². The molecule has 0 saturated carbocycles. The highest BCUT2D eigenvalue weighted by molar-refractivity contribution is 6.04. The van der Waals surface area contributed by atoms with Crippen LogP contribution in [0.25, 0.3) is 0 Å². The largest absolute Gasteiger partial charge is 0.497 e. The first-order valence-corrected chi connectivity index (χ1v) is 12.6. The van der Waals surface area contributed by atoms with E-state index in [0.717, 1.165) is 35.6 Å². The number of hydrogen-bond acceptors (Lipinski definition) is 7. The van der Waals surface area contributed by atoms with E-state index in [-0.39, 0.29) is 6.03 Å². The van der Waals surface area contributed by atoms with Crippen molar-refractivity contribution >= 4 is 23.2 Å². The number of carbonyl (C=O) groups is 1. The first kappa shape index (κ1) is 25.3. The number of urea groups is 1. The van der Waals surface area contributed by atoms with Crippen LogP contribution in [-0.4, -0.2) is 69.2 Å². The van der Waals surface area contributed by atoms with Gasteiger partial charge < -0.3 is 34.1 Å². The average Bonchev–Trinajstić information content (AvgIpc) is 3.27. The van der Waals surface area contributed by atoms with Gasteiger partial charge >= 0.3 is 6.03 Å². The molecule has 9 heteroatoms. The molecule has 198 valence electrons. The third kappa shape index (κ3) is 5.32. The van der Waals surface area contributed by atoms with Gasteiger partial charge in [-0.2, -0.15) is 0 Å². The Morgan fingerprint density at radius 1 is 0.842 bits per heavy atom. The molecule has 3 aromatic rings. The lowest BCUT2D eigenvalue weighted by molar-refractivity contribution is 0.214. The van der Waals surface area contributed by atoms with Gasteiger partial charge in [-0.15, -0.1) is 0 Å². The normalized spacial score (nSPS) is 14.7. The summed E-state index contributed by atoms with van der Waals surface area (Å²) in [6.45, 7) is 4.57. The molecule has 0 aliphatic carbocycles. The van der Waals surface area contributed by atoms with Crippen molar-refractivity contribution in [3.63, 3.8) is 0 Å². The molecule has 1 N–H and O–H groups in total. The van der Waals surface area contributed by atoms with Crippen LogP contribution in [0.3, 0.4) is 0 Å². The van der Waals surface area contributed by atoms with Crippen LogP contribution >= 0.6 is 0 Å². The van der Waals surface area contributed by atoms with E-state index >= 15 is 0 Å². The molecule has 0 radical (unpaired) electrons. The molecule has 0 aromatic heterocycles. The van der Waals surface area contributed by atoms with Crippen LogP contribution < -0.4 is 24.3 Å². The molecule has 38 heavy (non-hydrogen) atoms. The maximum absolute atomic E-state index is 13.2. The Kier molecular flexibility index (Phi) is 7.26. The van der Waals surface area contributed by atoms with Crippen molar-refractivity contribution < 1.29 is 23.7 Å². The lowest BCUT2D eigenvalue weighted by atomic mass is 10.1. The zero-order valence-corrected chi connectivity index (χ0v) is 22.1. The van der Waals surface area contributed by atoms with E-state index in [4.69, 9.17) is 23.9 Å². The van der Waals surface area contributed by atoms with Crippen LogP contribution in [0.1, 0.15) is 17.5 Å². The second-order valence-corrected chi connectivity index (χ2v) is 9.23. The Bertz CT molecular complexity index is 1350. The summed E-state index contributed by atoms with van der Waals surface area (Å²) >= 11 is 0. The second-order valence-electron chi connectivity index (χ2n) is 9.23. The Morgan fingerprint density at radius 3 is 2.34 bits per heavy atom. The molecule has 2 heterocycles. The monoisotopic (exact) mass is 516 g/mol. The Morgan fingerprint density at radius 2 is 1.61 bits per heavy atom. The molecule has 9 nitrogen and oxygen atoms in total. The minimum absolute atomic E-state index is 0.167. The number of hydrogen-bond donors (Lipinski definition) is 1. The van der Waals surface area contributed by atoms with E-state index in [1.165, 1.54) is 0 Å². The van der Waals surface area contributed by atoms with Crippen LogP contribution in [0.5, 0.6) is 28.7 Å². The van der Waals surface area contributed by atoms with Gasteiger partial charge in [0.1, 0.15) is 34.5 Å². The number of nitrogens with one attached hydrogen (secondary N) is 1. The first-order valence-electron chi connectivity index (χ1n) is 12.6. The van der Waals surface area contributed by atoms with E-state index in [1.54, 1.807) is 39.5 Å². The molecule has 3 aromatic carbocycles. The van der Waals surface area contributed by atoms with Crippen LogP contribution in [0.2, 0.25) is 0 Å². The summed E-state index contributed by atoms with van der Waals surface area (Å²) in [5, 5.41) is 2.98. The van der Waals surface area contributed by atoms with Gasteiger partial charge in [0.2, 0.25) is 0 Å². The number of ether oxygens (including phenoxy) is 4. The molecule has 2 aliphatic heterocycles. The van der Waals surface area contributed by atoms with E-state index < -0.39 is 0 Å². The maximum Gasteiger partial charge on any atom is 0.321 e. The van der Waals surface area contributed by atoms with Gasteiger partial charge in [-0.1, -0.05) is 6.07 Å². The van der Waals surface area contributed by atoms with Crippen molar-refractivity contribution in [3.8, 4) is 28.7 Å². The fourth-order valence-corrected chi connectivity index (χ4v) is 4.64. The van der Waals surface area contributed by atoms with Gasteiger partial charge in [0.15, 0.2) is 5.75 Å². The van der Waals surface area contributed by atoms with Crippen molar-refractivity contribution in [3.05, 3.63) is 65.7 Å². The van der Waals surface area contributed by atoms with Gasteiger partial charge in [0, 0.05) is 56.1 Å². The zero-order chi connectivity index (χ0) is 26.6. The van der Waals surface area contributed by atoms with E-state index in [0.29, 0.717) is 54.1 Å². The molecule has 1 saturated heterocycles. The summed E-state index contributed by atoms with van der Waals surface area (Å²) in [6.07, 6.45) is 0.793. The SMILES string of the molecule is COc1cc(NC(=O)N2CCCN(C3=Nc4ccc(C)cc4Oc4cc(OC)ccc43)CC2)cc(OC)c1. The van der Waals surface area contributed by atoms with E-state index in [1.807, 2.05) is 48.2 Å². The zero-order valence-electron chi connectivity index (χ0n) is 22.1. The number of fused-ring (bicyclic) bond motifs is 2. The number of amidine groups is 1. The number of anilines is 1. The predicted molar refractivity (Wildman–Crippen MR) is 147 cm³/mol. The lowest BCUT2D eigenvalue weighted by Gasteiger charge is -2.25. The molecule has 2 amide bonds. The van der Waals surface area contributed by atoms with Crippen LogP contribution in [0.15, 0.2) is 59.6 Å². The molecule has 0 atom stereocenters.